The molecule has 1 atom stereocenters. The van der Waals surface area contributed by atoms with E-state index in [1.54, 1.807) is 0 Å². The predicted molar refractivity (Wildman–Crippen MR) is 51.0 cm³/mol. The summed E-state index contributed by atoms with van der Waals surface area (Å²) in [7, 11) is 0. The van der Waals surface area contributed by atoms with Gasteiger partial charge in [0.2, 0.25) is 0 Å². The molecule has 3 nitrogen and oxygen atoms in total. The topological polar surface area (TPSA) is 32.3 Å². The van der Waals surface area contributed by atoms with E-state index in [0.29, 0.717) is 6.04 Å². The van der Waals surface area contributed by atoms with Gasteiger partial charge in [0.05, 0.1) is 6.04 Å². The molecule has 3 heteroatoms. The number of likely N-dealkylation sites (tertiary alicyclic amines) is 1. The fraction of sp³-hybridized carbons (Fsp3) is 0.800. The first-order valence-corrected chi connectivity index (χ1v) is 5.15. The quantitative estimate of drug-likeness (QED) is 0.598. The Labute approximate surface area is 78.8 Å². The van der Waals surface area contributed by atoms with E-state index >= 15 is 0 Å². The summed E-state index contributed by atoms with van der Waals surface area (Å²) in [5, 5.41) is 3.15. The molecule has 0 bridgehead atoms. The van der Waals surface area contributed by atoms with Crippen molar-refractivity contribution in [1.82, 2.24) is 10.2 Å². The van der Waals surface area contributed by atoms with Crippen LogP contribution in [0.2, 0.25) is 0 Å². The van der Waals surface area contributed by atoms with Crippen LogP contribution in [-0.2, 0) is 4.79 Å². The van der Waals surface area contributed by atoms with Crippen molar-refractivity contribution in [2.45, 2.75) is 31.7 Å². The van der Waals surface area contributed by atoms with E-state index in [1.807, 2.05) is 5.94 Å². The van der Waals surface area contributed by atoms with Gasteiger partial charge in [-0.05, 0) is 38.8 Å². The Morgan fingerprint density at radius 3 is 2.77 bits per heavy atom. The van der Waals surface area contributed by atoms with Crippen LogP contribution < -0.4 is 5.32 Å². The Kier molecular flexibility index (Phi) is 2.67. The Bertz CT molecular complexity index is 227. The van der Waals surface area contributed by atoms with Gasteiger partial charge >= 0.3 is 0 Å². The monoisotopic (exact) mass is 180 g/mol. The number of rotatable bonds is 1. The van der Waals surface area contributed by atoms with Gasteiger partial charge in [-0.2, -0.15) is 0 Å². The molecule has 0 saturated carbocycles. The zero-order chi connectivity index (χ0) is 9.10. The third kappa shape index (κ3) is 1.77. The summed E-state index contributed by atoms with van der Waals surface area (Å²) >= 11 is 0. The molecule has 0 radical (unpaired) electrons. The molecule has 1 unspecified atom stereocenters. The largest absolute Gasteiger partial charge is 0.378 e. The van der Waals surface area contributed by atoms with Gasteiger partial charge in [0, 0.05) is 6.54 Å². The Morgan fingerprint density at radius 1 is 1.31 bits per heavy atom. The molecule has 0 aromatic carbocycles. The van der Waals surface area contributed by atoms with Crippen molar-refractivity contribution in [2.75, 3.05) is 19.6 Å². The first-order valence-electron chi connectivity index (χ1n) is 5.15. The number of nitrogens with zero attached hydrogens (tertiary/aromatic N) is 1. The fourth-order valence-corrected chi connectivity index (χ4v) is 2.30. The first kappa shape index (κ1) is 8.79. The minimum atomic E-state index is 0.341. The molecular formula is C10H16N2O. The van der Waals surface area contributed by atoms with E-state index in [-0.39, 0.29) is 0 Å². The molecule has 0 spiro atoms. The summed E-state index contributed by atoms with van der Waals surface area (Å²) in [5.41, 5.74) is 0.785. The van der Waals surface area contributed by atoms with Gasteiger partial charge in [0.15, 0.2) is 0 Å². The maximum Gasteiger partial charge on any atom is 0.147 e. The number of hydrogen-bond donors (Lipinski definition) is 1. The van der Waals surface area contributed by atoms with Crippen molar-refractivity contribution < 1.29 is 4.79 Å². The normalized spacial score (nSPS) is 29.8. The van der Waals surface area contributed by atoms with Crippen LogP contribution in [0.15, 0.2) is 5.70 Å². The Balaban J connectivity index is 2.05. The zero-order valence-electron chi connectivity index (χ0n) is 7.88. The molecule has 72 valence electrons. The summed E-state index contributed by atoms with van der Waals surface area (Å²) in [4.78, 5) is 13.1. The summed E-state index contributed by atoms with van der Waals surface area (Å²) in [6, 6.07) is 0.341. The van der Waals surface area contributed by atoms with Gasteiger partial charge in [-0.15, -0.1) is 0 Å². The fourth-order valence-electron chi connectivity index (χ4n) is 2.30. The molecule has 2 rings (SSSR count). The van der Waals surface area contributed by atoms with Gasteiger partial charge in [-0.3, -0.25) is 4.90 Å². The van der Waals surface area contributed by atoms with Gasteiger partial charge < -0.3 is 5.32 Å². The lowest BCUT2D eigenvalue weighted by Gasteiger charge is -2.31. The van der Waals surface area contributed by atoms with Crippen molar-refractivity contribution in [3.63, 3.8) is 0 Å². The van der Waals surface area contributed by atoms with E-state index in [4.69, 9.17) is 0 Å². The van der Waals surface area contributed by atoms with E-state index in [9.17, 15) is 4.79 Å². The molecule has 0 aromatic heterocycles. The molecule has 2 aliphatic heterocycles. The van der Waals surface area contributed by atoms with Crippen LogP contribution >= 0.6 is 0 Å². The molecule has 0 aromatic rings. The van der Waals surface area contributed by atoms with E-state index in [1.165, 1.54) is 19.3 Å². The van der Waals surface area contributed by atoms with Crippen LogP contribution in [0.1, 0.15) is 25.7 Å². The molecule has 2 aliphatic rings. The van der Waals surface area contributed by atoms with Crippen LogP contribution in [0, 0.1) is 0 Å². The van der Waals surface area contributed by atoms with Crippen molar-refractivity contribution in [2.24, 2.45) is 0 Å². The molecule has 2 saturated heterocycles. The lowest BCUT2D eigenvalue weighted by molar-refractivity contribution is 0.236. The summed E-state index contributed by atoms with van der Waals surface area (Å²) in [6.07, 6.45) is 4.86. The predicted octanol–water partition coefficient (Wildman–Crippen LogP) is 0.550. The summed E-state index contributed by atoms with van der Waals surface area (Å²) < 4.78 is 0. The highest BCUT2D eigenvalue weighted by molar-refractivity contribution is 5.54. The standard InChI is InChI=1S/C10H16N2O/c13-8-9-10(4-3-5-11-9)12-6-1-2-7-12/h10-11H,1-7H2. The van der Waals surface area contributed by atoms with Crippen LogP contribution in [0.4, 0.5) is 0 Å². The van der Waals surface area contributed by atoms with Crippen LogP contribution in [-0.4, -0.2) is 36.5 Å². The smallest absolute Gasteiger partial charge is 0.147 e. The number of piperidine rings is 1. The third-order valence-electron chi connectivity index (χ3n) is 2.99. The number of nitrogens with one attached hydrogen (secondary N) is 1. The minimum absolute atomic E-state index is 0.341. The number of hydrogen-bond acceptors (Lipinski definition) is 3. The average Bonchev–Trinajstić information content (AvgIpc) is 2.70. The Morgan fingerprint density at radius 2 is 2.08 bits per heavy atom. The van der Waals surface area contributed by atoms with Crippen LogP contribution in [0.3, 0.4) is 0 Å². The van der Waals surface area contributed by atoms with Gasteiger partial charge in [0.1, 0.15) is 11.6 Å². The highest BCUT2D eigenvalue weighted by atomic mass is 16.1. The van der Waals surface area contributed by atoms with Crippen molar-refractivity contribution in [3.8, 4) is 0 Å². The number of carbonyl (C=O) groups excluding carboxylic acids is 1. The van der Waals surface area contributed by atoms with Crippen molar-refractivity contribution >= 4 is 5.94 Å². The molecular weight excluding hydrogens is 164 g/mol. The highest BCUT2D eigenvalue weighted by Gasteiger charge is 2.27. The summed E-state index contributed by atoms with van der Waals surface area (Å²) in [5.74, 6) is 2.04. The van der Waals surface area contributed by atoms with Crippen LogP contribution in [0.5, 0.6) is 0 Å². The summed E-state index contributed by atoms with van der Waals surface area (Å²) in [6.45, 7) is 3.24. The maximum absolute atomic E-state index is 10.7. The second kappa shape index (κ2) is 3.95. The van der Waals surface area contributed by atoms with E-state index < -0.39 is 0 Å². The van der Waals surface area contributed by atoms with E-state index in [0.717, 1.165) is 31.8 Å². The van der Waals surface area contributed by atoms with E-state index in [2.05, 4.69) is 10.2 Å². The minimum Gasteiger partial charge on any atom is -0.378 e. The first-order chi connectivity index (χ1) is 6.42. The molecule has 1 N–H and O–H groups in total. The van der Waals surface area contributed by atoms with Crippen molar-refractivity contribution in [3.05, 3.63) is 5.70 Å². The lowest BCUT2D eigenvalue weighted by atomic mass is 10.0. The molecule has 0 amide bonds. The molecule has 13 heavy (non-hydrogen) atoms. The lowest BCUT2D eigenvalue weighted by Crippen LogP contribution is -2.43. The van der Waals surface area contributed by atoms with Crippen molar-refractivity contribution in [1.29, 1.82) is 0 Å². The highest BCUT2D eigenvalue weighted by Crippen LogP contribution is 2.21. The molecule has 2 fully saturated rings. The van der Waals surface area contributed by atoms with Gasteiger partial charge in [-0.25, -0.2) is 4.79 Å². The van der Waals surface area contributed by atoms with Crippen LogP contribution in [0.25, 0.3) is 0 Å². The second-order valence-corrected chi connectivity index (χ2v) is 3.84. The SMILES string of the molecule is O=C=C1NCCCC1N1CCCC1. The zero-order valence-corrected chi connectivity index (χ0v) is 7.88. The average molecular weight is 180 g/mol. The van der Waals surface area contributed by atoms with Gasteiger partial charge in [-0.1, -0.05) is 0 Å². The molecule has 2 heterocycles. The van der Waals surface area contributed by atoms with Gasteiger partial charge in [0.25, 0.3) is 0 Å². The Hall–Kier alpha value is -0.790. The third-order valence-corrected chi connectivity index (χ3v) is 2.99. The second-order valence-electron chi connectivity index (χ2n) is 3.84. The molecule has 0 aliphatic carbocycles. The maximum atomic E-state index is 10.7.